The van der Waals surface area contributed by atoms with Crippen molar-refractivity contribution < 1.29 is 19.3 Å². The second-order valence-corrected chi connectivity index (χ2v) is 5.12. The molecule has 0 unspecified atom stereocenters. The number of rotatable bonds is 5. The van der Waals surface area contributed by atoms with E-state index in [1.807, 2.05) is 0 Å². The Morgan fingerprint density at radius 2 is 2.22 bits per heavy atom. The molecule has 23 heavy (non-hydrogen) atoms. The Morgan fingerprint density at radius 3 is 2.87 bits per heavy atom. The molecule has 1 aliphatic rings. The van der Waals surface area contributed by atoms with Crippen LogP contribution in [0.25, 0.3) is 0 Å². The molecule has 3 heterocycles. The standard InChI is InChI=1S/C14H17N3O6/c1-21-12-11(19)8(7-22-10-3-2-5-15-10)23-13(12)17-6-4-9(18)16-14(17)20/h2-6,8,11-13,15,19H,7H2,1H3,(H,16,18,20)/t8-,11-,12-,13-/m1/s1. The number of nitrogens with one attached hydrogen (secondary N) is 2. The van der Waals surface area contributed by atoms with Crippen molar-refractivity contribution in [1.29, 1.82) is 0 Å². The molecular formula is C14H17N3O6. The molecule has 0 radical (unpaired) electrons. The second-order valence-electron chi connectivity index (χ2n) is 5.12. The third-order valence-electron chi connectivity index (χ3n) is 3.68. The lowest BCUT2D eigenvalue weighted by atomic mass is 10.1. The average molecular weight is 323 g/mol. The first kappa shape index (κ1) is 15.5. The normalized spacial score (nSPS) is 27.2. The molecule has 3 N–H and O–H groups in total. The first-order valence-electron chi connectivity index (χ1n) is 7.04. The van der Waals surface area contributed by atoms with Gasteiger partial charge in [0.1, 0.15) is 24.9 Å². The Bertz CT molecular complexity index is 752. The highest BCUT2D eigenvalue weighted by Crippen LogP contribution is 2.30. The van der Waals surface area contributed by atoms with Crippen LogP contribution in [0.3, 0.4) is 0 Å². The van der Waals surface area contributed by atoms with Gasteiger partial charge in [0.05, 0.1) is 0 Å². The fraction of sp³-hybridized carbons (Fsp3) is 0.429. The smallest absolute Gasteiger partial charge is 0.330 e. The fourth-order valence-corrected chi connectivity index (χ4v) is 2.54. The highest BCUT2D eigenvalue weighted by Gasteiger charge is 2.45. The summed E-state index contributed by atoms with van der Waals surface area (Å²) in [7, 11) is 1.41. The molecule has 1 saturated heterocycles. The summed E-state index contributed by atoms with van der Waals surface area (Å²) in [6, 6.07) is 4.72. The van der Waals surface area contributed by atoms with Crippen molar-refractivity contribution in [3.63, 3.8) is 0 Å². The summed E-state index contributed by atoms with van der Waals surface area (Å²) in [6.07, 6.45) is -0.293. The molecule has 4 atom stereocenters. The third-order valence-corrected chi connectivity index (χ3v) is 3.68. The van der Waals surface area contributed by atoms with Crippen LogP contribution in [0.15, 0.2) is 40.2 Å². The zero-order valence-electron chi connectivity index (χ0n) is 12.3. The van der Waals surface area contributed by atoms with Crippen LogP contribution in [-0.4, -0.2) is 51.7 Å². The van der Waals surface area contributed by atoms with Crippen molar-refractivity contribution in [3.05, 3.63) is 51.4 Å². The van der Waals surface area contributed by atoms with Gasteiger partial charge in [0, 0.05) is 25.6 Å². The molecule has 1 fully saturated rings. The summed E-state index contributed by atoms with van der Waals surface area (Å²) in [4.78, 5) is 28.1. The van der Waals surface area contributed by atoms with Crippen LogP contribution in [0.5, 0.6) is 5.88 Å². The molecule has 0 aromatic carbocycles. The van der Waals surface area contributed by atoms with E-state index in [1.54, 1.807) is 18.3 Å². The van der Waals surface area contributed by atoms with Gasteiger partial charge < -0.3 is 24.3 Å². The van der Waals surface area contributed by atoms with Gasteiger partial charge >= 0.3 is 5.69 Å². The SMILES string of the molecule is CO[C@@H]1[C@H](O)[C@@H](COc2ccc[nH]2)O[C@H]1n1ccc(=O)[nH]c1=O. The average Bonchev–Trinajstić information content (AvgIpc) is 3.13. The van der Waals surface area contributed by atoms with Crippen LogP contribution in [0, 0.1) is 0 Å². The number of aromatic nitrogens is 3. The zero-order valence-corrected chi connectivity index (χ0v) is 12.3. The van der Waals surface area contributed by atoms with Gasteiger partial charge in [-0.2, -0.15) is 0 Å². The summed E-state index contributed by atoms with van der Waals surface area (Å²) in [5, 5.41) is 10.3. The number of nitrogens with zero attached hydrogens (tertiary/aromatic N) is 1. The quantitative estimate of drug-likeness (QED) is 0.664. The molecule has 0 bridgehead atoms. The van der Waals surface area contributed by atoms with Crippen molar-refractivity contribution in [1.82, 2.24) is 14.5 Å². The predicted molar refractivity (Wildman–Crippen MR) is 78.3 cm³/mol. The maximum atomic E-state index is 11.9. The Balaban J connectivity index is 1.78. The van der Waals surface area contributed by atoms with Crippen LogP contribution in [-0.2, 0) is 9.47 Å². The minimum Gasteiger partial charge on any atom is -0.476 e. The maximum Gasteiger partial charge on any atom is 0.330 e. The van der Waals surface area contributed by atoms with Gasteiger partial charge in [-0.3, -0.25) is 14.3 Å². The molecule has 0 saturated carbocycles. The number of aliphatic hydroxyl groups is 1. The summed E-state index contributed by atoms with van der Waals surface area (Å²) in [5.74, 6) is 0.541. The number of hydrogen-bond donors (Lipinski definition) is 3. The first-order valence-corrected chi connectivity index (χ1v) is 7.04. The Morgan fingerprint density at radius 1 is 1.39 bits per heavy atom. The number of aliphatic hydroxyl groups excluding tert-OH is 1. The van der Waals surface area contributed by atoms with Crippen molar-refractivity contribution in [2.75, 3.05) is 13.7 Å². The molecule has 124 valence electrons. The summed E-state index contributed by atoms with van der Waals surface area (Å²) in [5.41, 5.74) is -1.15. The number of ether oxygens (including phenoxy) is 3. The number of methoxy groups -OCH3 is 1. The summed E-state index contributed by atoms with van der Waals surface area (Å²) >= 11 is 0. The molecule has 0 amide bonds. The van der Waals surface area contributed by atoms with Gasteiger partial charge in [0.15, 0.2) is 12.1 Å². The van der Waals surface area contributed by atoms with E-state index in [2.05, 4.69) is 9.97 Å². The molecule has 9 nitrogen and oxygen atoms in total. The number of aromatic amines is 2. The van der Waals surface area contributed by atoms with E-state index in [0.717, 1.165) is 0 Å². The molecule has 0 aliphatic carbocycles. The molecule has 1 aliphatic heterocycles. The van der Waals surface area contributed by atoms with E-state index in [0.29, 0.717) is 5.88 Å². The molecular weight excluding hydrogens is 306 g/mol. The van der Waals surface area contributed by atoms with Crippen LogP contribution in [0.1, 0.15) is 6.23 Å². The molecule has 2 aromatic rings. The lowest BCUT2D eigenvalue weighted by Crippen LogP contribution is -2.39. The van der Waals surface area contributed by atoms with Crippen molar-refractivity contribution in [2.24, 2.45) is 0 Å². The van der Waals surface area contributed by atoms with Gasteiger partial charge in [0.25, 0.3) is 5.56 Å². The lowest BCUT2D eigenvalue weighted by molar-refractivity contribution is -0.0605. The van der Waals surface area contributed by atoms with Crippen molar-refractivity contribution in [2.45, 2.75) is 24.5 Å². The van der Waals surface area contributed by atoms with Crippen LogP contribution in [0.2, 0.25) is 0 Å². The zero-order chi connectivity index (χ0) is 16.4. The maximum absolute atomic E-state index is 11.9. The molecule has 3 rings (SSSR count). The van der Waals surface area contributed by atoms with Crippen LogP contribution >= 0.6 is 0 Å². The third kappa shape index (κ3) is 3.07. The topological polar surface area (TPSA) is 119 Å². The van der Waals surface area contributed by atoms with Gasteiger partial charge in [0.2, 0.25) is 0 Å². The van der Waals surface area contributed by atoms with E-state index >= 15 is 0 Å². The van der Waals surface area contributed by atoms with Gasteiger partial charge in [-0.15, -0.1) is 0 Å². The Hall–Kier alpha value is -2.36. The van der Waals surface area contributed by atoms with Crippen LogP contribution < -0.4 is 16.0 Å². The lowest BCUT2D eigenvalue weighted by Gasteiger charge is -2.19. The number of H-pyrrole nitrogens is 2. The molecule has 9 heteroatoms. The Kier molecular flexibility index (Phi) is 4.33. The largest absolute Gasteiger partial charge is 0.476 e. The monoisotopic (exact) mass is 323 g/mol. The van der Waals surface area contributed by atoms with E-state index in [-0.39, 0.29) is 6.61 Å². The highest BCUT2D eigenvalue weighted by atomic mass is 16.6. The molecule has 0 spiro atoms. The van der Waals surface area contributed by atoms with Gasteiger partial charge in [-0.25, -0.2) is 4.79 Å². The van der Waals surface area contributed by atoms with Gasteiger partial charge in [-0.05, 0) is 12.1 Å². The fourth-order valence-electron chi connectivity index (χ4n) is 2.54. The predicted octanol–water partition coefficient (Wildman–Crippen LogP) is -0.783. The summed E-state index contributed by atoms with van der Waals surface area (Å²) < 4.78 is 17.6. The minimum absolute atomic E-state index is 0.0795. The van der Waals surface area contributed by atoms with E-state index < -0.39 is 35.8 Å². The van der Waals surface area contributed by atoms with Crippen molar-refractivity contribution >= 4 is 0 Å². The number of hydrogen-bond acceptors (Lipinski definition) is 6. The second kappa shape index (κ2) is 6.41. The van der Waals surface area contributed by atoms with E-state index in [9.17, 15) is 14.7 Å². The molecule has 2 aromatic heterocycles. The van der Waals surface area contributed by atoms with Gasteiger partial charge in [-0.1, -0.05) is 0 Å². The minimum atomic E-state index is -0.987. The summed E-state index contributed by atoms with van der Waals surface area (Å²) in [6.45, 7) is 0.0795. The highest BCUT2D eigenvalue weighted by molar-refractivity contribution is 5.10. The van der Waals surface area contributed by atoms with Crippen molar-refractivity contribution in [3.8, 4) is 5.88 Å². The van der Waals surface area contributed by atoms with E-state index in [1.165, 1.54) is 23.9 Å². The van der Waals surface area contributed by atoms with E-state index in [4.69, 9.17) is 14.2 Å². The van der Waals surface area contributed by atoms with Crippen LogP contribution in [0.4, 0.5) is 0 Å². The Labute approximate surface area is 130 Å². The first-order chi connectivity index (χ1) is 11.1.